The van der Waals surface area contributed by atoms with E-state index in [0.717, 1.165) is 6.92 Å². The van der Waals surface area contributed by atoms with E-state index in [0.29, 0.717) is 0 Å². The summed E-state index contributed by atoms with van der Waals surface area (Å²) < 4.78 is 0. The Morgan fingerprint density at radius 2 is 2.11 bits per heavy atom. The Labute approximate surface area is 51.7 Å². The van der Waals surface area contributed by atoms with Crippen molar-refractivity contribution in [2.75, 3.05) is 0 Å². The number of nitrogens with zero attached hydrogens (tertiary/aromatic N) is 1. The highest BCUT2D eigenvalue weighted by Crippen LogP contribution is 1.89. The summed E-state index contributed by atoms with van der Waals surface area (Å²) in [5, 5.41) is 2.71. The second kappa shape index (κ2) is 2.91. The molecule has 0 bridgehead atoms. The van der Waals surface area contributed by atoms with E-state index in [2.05, 4.69) is 10.8 Å². The van der Waals surface area contributed by atoms with E-state index in [1.54, 1.807) is 0 Å². The predicted molar refractivity (Wildman–Crippen MR) is 28.8 cm³/mol. The molecule has 0 rings (SSSR count). The van der Waals surface area contributed by atoms with Crippen molar-refractivity contribution in [3.8, 4) is 0 Å². The van der Waals surface area contributed by atoms with Gasteiger partial charge in [-0.05, 0) is 6.92 Å². The fraction of sp³-hybridized carbons (Fsp3) is 0.500. The lowest BCUT2D eigenvalue weighted by Crippen LogP contribution is -2.32. The highest BCUT2D eigenvalue weighted by molar-refractivity contribution is 6.03. The van der Waals surface area contributed by atoms with Crippen molar-refractivity contribution in [2.24, 2.45) is 10.8 Å². The van der Waals surface area contributed by atoms with Crippen LogP contribution in [0, 0.1) is 5.53 Å². The summed E-state index contributed by atoms with van der Waals surface area (Å²) in [5.74, 6) is -1.38. The molecule has 1 atom stereocenters. The largest absolute Gasteiger partial charge is 0.367 e. The van der Waals surface area contributed by atoms with Gasteiger partial charge in [-0.3, -0.25) is 9.59 Å². The lowest BCUT2D eigenvalue weighted by molar-refractivity contribution is -0.127. The maximum Gasteiger partial charge on any atom is 0.251 e. The number of primary amides is 1. The highest BCUT2D eigenvalue weighted by Gasteiger charge is 2.18. The minimum Gasteiger partial charge on any atom is -0.367 e. The quantitative estimate of drug-likeness (QED) is 0.395. The SMILES string of the molecule is CC(=O)C(N=N)C(N)=O. The Balaban J connectivity index is 4.16. The zero-order valence-electron chi connectivity index (χ0n) is 4.92. The van der Waals surface area contributed by atoms with Crippen LogP contribution in [-0.2, 0) is 9.59 Å². The van der Waals surface area contributed by atoms with Gasteiger partial charge in [0.1, 0.15) is 0 Å². The Kier molecular flexibility index (Phi) is 2.50. The van der Waals surface area contributed by atoms with Gasteiger partial charge in [0.2, 0.25) is 6.04 Å². The van der Waals surface area contributed by atoms with E-state index < -0.39 is 17.7 Å². The number of Topliss-reactive ketones (excluding diaryl/α,β-unsaturated/α-hetero) is 1. The maximum atomic E-state index is 10.3. The average molecular weight is 129 g/mol. The van der Waals surface area contributed by atoms with Crippen LogP contribution in [0.15, 0.2) is 5.11 Å². The normalized spacial score (nSPS) is 12.1. The smallest absolute Gasteiger partial charge is 0.251 e. The first-order valence-electron chi connectivity index (χ1n) is 2.26. The summed E-state index contributed by atoms with van der Waals surface area (Å²) in [6.07, 6.45) is 0. The Morgan fingerprint density at radius 1 is 1.67 bits per heavy atom. The maximum absolute atomic E-state index is 10.3. The Bertz CT molecular complexity index is 140. The van der Waals surface area contributed by atoms with Crippen molar-refractivity contribution >= 4 is 11.7 Å². The fourth-order valence-corrected chi connectivity index (χ4v) is 0.355. The van der Waals surface area contributed by atoms with Crippen molar-refractivity contribution in [3.05, 3.63) is 0 Å². The van der Waals surface area contributed by atoms with Gasteiger partial charge >= 0.3 is 0 Å². The van der Waals surface area contributed by atoms with Crippen molar-refractivity contribution in [2.45, 2.75) is 13.0 Å². The summed E-state index contributed by atoms with van der Waals surface area (Å²) in [5.41, 5.74) is 11.0. The van der Waals surface area contributed by atoms with Gasteiger partial charge in [-0.25, -0.2) is 5.53 Å². The topological polar surface area (TPSA) is 96.4 Å². The number of carbonyl (C=O) groups excluding carboxylic acids is 2. The number of rotatable bonds is 3. The molecule has 5 heteroatoms. The van der Waals surface area contributed by atoms with Gasteiger partial charge in [-0.1, -0.05) is 0 Å². The molecule has 0 saturated carbocycles. The van der Waals surface area contributed by atoms with Crippen LogP contribution in [0.5, 0.6) is 0 Å². The predicted octanol–water partition coefficient (Wildman–Crippen LogP) is -0.540. The molecule has 0 aliphatic rings. The van der Waals surface area contributed by atoms with Gasteiger partial charge in [0.15, 0.2) is 5.78 Å². The standard InChI is InChI=1S/C4H7N3O2/c1-2(8)3(7-6)4(5)9/h3,6H,1H3,(H2,5,9). The van der Waals surface area contributed by atoms with E-state index in [4.69, 9.17) is 5.53 Å². The Hall–Kier alpha value is -1.26. The molecule has 0 fully saturated rings. The minimum absolute atomic E-state index is 0.502. The number of carbonyl (C=O) groups is 2. The molecule has 50 valence electrons. The van der Waals surface area contributed by atoms with Crippen LogP contribution in [0.25, 0.3) is 0 Å². The summed E-state index contributed by atoms with van der Waals surface area (Å²) >= 11 is 0. The first-order chi connectivity index (χ1) is 4.09. The summed E-state index contributed by atoms with van der Waals surface area (Å²) in [4.78, 5) is 20.5. The molecule has 0 aromatic carbocycles. The van der Waals surface area contributed by atoms with Crippen molar-refractivity contribution in [1.82, 2.24) is 0 Å². The first-order valence-corrected chi connectivity index (χ1v) is 2.26. The number of amides is 1. The number of ketones is 1. The van der Waals surface area contributed by atoms with E-state index in [9.17, 15) is 9.59 Å². The van der Waals surface area contributed by atoms with Crippen molar-refractivity contribution in [3.63, 3.8) is 0 Å². The van der Waals surface area contributed by atoms with Crippen molar-refractivity contribution < 1.29 is 9.59 Å². The van der Waals surface area contributed by atoms with Crippen LogP contribution >= 0.6 is 0 Å². The van der Waals surface area contributed by atoms with Crippen molar-refractivity contribution in [1.29, 1.82) is 5.53 Å². The average Bonchev–Trinajstić information content (AvgIpc) is 1.64. The van der Waals surface area contributed by atoms with Gasteiger partial charge in [-0.2, -0.15) is 5.11 Å². The molecular formula is C4H7N3O2. The fourth-order valence-electron chi connectivity index (χ4n) is 0.355. The number of nitrogens with two attached hydrogens (primary N) is 1. The lowest BCUT2D eigenvalue weighted by Gasteiger charge is -1.97. The van der Waals surface area contributed by atoms with Crippen LogP contribution in [0.3, 0.4) is 0 Å². The van der Waals surface area contributed by atoms with Crippen LogP contribution in [0.4, 0.5) is 0 Å². The lowest BCUT2D eigenvalue weighted by atomic mass is 10.2. The second-order valence-corrected chi connectivity index (χ2v) is 1.54. The molecule has 0 aliphatic carbocycles. The third kappa shape index (κ3) is 1.98. The molecule has 1 unspecified atom stereocenters. The van der Waals surface area contributed by atoms with Gasteiger partial charge in [0.05, 0.1) is 0 Å². The highest BCUT2D eigenvalue weighted by atomic mass is 16.2. The first kappa shape index (κ1) is 7.74. The summed E-state index contributed by atoms with van der Waals surface area (Å²) in [6, 6.07) is -1.29. The molecular weight excluding hydrogens is 122 g/mol. The van der Waals surface area contributed by atoms with E-state index >= 15 is 0 Å². The van der Waals surface area contributed by atoms with Crippen LogP contribution in [0.1, 0.15) is 6.92 Å². The van der Waals surface area contributed by atoms with Gasteiger partial charge in [0, 0.05) is 0 Å². The molecule has 0 aromatic rings. The van der Waals surface area contributed by atoms with Crippen LogP contribution in [-0.4, -0.2) is 17.7 Å². The molecule has 0 aliphatic heterocycles. The molecule has 0 saturated heterocycles. The van der Waals surface area contributed by atoms with Gasteiger partial charge < -0.3 is 5.73 Å². The molecule has 0 aromatic heterocycles. The number of hydrogen-bond donors (Lipinski definition) is 2. The Morgan fingerprint density at radius 3 is 2.11 bits per heavy atom. The second-order valence-electron chi connectivity index (χ2n) is 1.54. The molecule has 9 heavy (non-hydrogen) atoms. The molecule has 5 nitrogen and oxygen atoms in total. The number of hydrogen-bond acceptors (Lipinski definition) is 4. The number of nitrogens with one attached hydrogen (secondary N) is 1. The zero-order valence-corrected chi connectivity index (χ0v) is 4.92. The third-order valence-electron chi connectivity index (χ3n) is 0.784. The van der Waals surface area contributed by atoms with Crippen LogP contribution in [0.2, 0.25) is 0 Å². The molecule has 1 amide bonds. The molecule has 0 radical (unpaired) electrons. The van der Waals surface area contributed by atoms with E-state index in [1.807, 2.05) is 0 Å². The summed E-state index contributed by atoms with van der Waals surface area (Å²) in [6.45, 7) is 1.16. The molecule has 0 heterocycles. The van der Waals surface area contributed by atoms with Crippen LogP contribution < -0.4 is 5.73 Å². The molecule has 3 N–H and O–H groups in total. The monoisotopic (exact) mass is 129 g/mol. The van der Waals surface area contributed by atoms with Gasteiger partial charge in [0.25, 0.3) is 5.91 Å². The van der Waals surface area contributed by atoms with E-state index in [1.165, 1.54) is 0 Å². The summed E-state index contributed by atoms with van der Waals surface area (Å²) in [7, 11) is 0. The molecule has 0 spiro atoms. The third-order valence-corrected chi connectivity index (χ3v) is 0.784. The van der Waals surface area contributed by atoms with E-state index in [-0.39, 0.29) is 0 Å². The minimum atomic E-state index is -1.29. The zero-order chi connectivity index (χ0) is 7.44. The van der Waals surface area contributed by atoms with Gasteiger partial charge in [-0.15, -0.1) is 0 Å².